The number of esters is 1. The van der Waals surface area contributed by atoms with Crippen molar-refractivity contribution in [2.45, 2.75) is 39.5 Å². The van der Waals surface area contributed by atoms with Gasteiger partial charge in [-0.05, 0) is 18.3 Å². The van der Waals surface area contributed by atoms with Gasteiger partial charge in [0.15, 0.2) is 10.8 Å². The molecule has 2 rings (SSSR count). The lowest BCUT2D eigenvalue weighted by Gasteiger charge is -2.40. The van der Waals surface area contributed by atoms with Crippen molar-refractivity contribution in [1.82, 2.24) is 4.98 Å². The minimum atomic E-state index is -0.351. The molecule has 0 amide bonds. The lowest BCUT2D eigenvalue weighted by Crippen LogP contribution is -2.39. The Labute approximate surface area is 118 Å². The highest BCUT2D eigenvalue weighted by molar-refractivity contribution is 7.13. The van der Waals surface area contributed by atoms with E-state index in [1.54, 1.807) is 5.38 Å². The molecule has 1 fully saturated rings. The van der Waals surface area contributed by atoms with E-state index in [1.165, 1.54) is 44.1 Å². The van der Waals surface area contributed by atoms with Crippen molar-refractivity contribution in [3.63, 3.8) is 0 Å². The average Bonchev–Trinajstić information content (AvgIpc) is 2.96. The molecule has 0 radical (unpaired) electrons. The van der Waals surface area contributed by atoms with Gasteiger partial charge in [0, 0.05) is 18.5 Å². The molecule has 0 saturated carbocycles. The Bertz CT molecular complexity index is 430. The molecule has 19 heavy (non-hydrogen) atoms. The number of carbonyl (C=O) groups excluding carboxylic acids is 1. The number of rotatable bonds is 4. The Morgan fingerprint density at radius 1 is 1.42 bits per heavy atom. The monoisotopic (exact) mass is 282 g/mol. The van der Waals surface area contributed by atoms with Crippen LogP contribution >= 0.6 is 11.3 Å². The second-order valence-electron chi connectivity index (χ2n) is 5.20. The molecular weight excluding hydrogens is 260 g/mol. The second-order valence-corrected chi connectivity index (χ2v) is 6.04. The van der Waals surface area contributed by atoms with Gasteiger partial charge in [-0.15, -0.1) is 11.3 Å². The topological polar surface area (TPSA) is 42.4 Å². The minimum Gasteiger partial charge on any atom is -0.464 e. The van der Waals surface area contributed by atoms with Gasteiger partial charge in [-0.25, -0.2) is 9.78 Å². The van der Waals surface area contributed by atoms with Gasteiger partial charge in [-0.3, -0.25) is 0 Å². The standard InChI is InChI=1S/C14H22N2O2S/c1-4-14(5-2)6-8-16(9-7-14)13-15-11(10-19-13)12(17)18-3/h10H,4-9H2,1-3H3. The molecule has 0 N–H and O–H groups in total. The minimum absolute atomic E-state index is 0.351. The zero-order valence-corrected chi connectivity index (χ0v) is 12.8. The fourth-order valence-corrected chi connectivity index (χ4v) is 3.59. The molecule has 0 aliphatic carbocycles. The van der Waals surface area contributed by atoms with Gasteiger partial charge in [-0.1, -0.05) is 26.7 Å². The zero-order valence-electron chi connectivity index (χ0n) is 11.9. The summed E-state index contributed by atoms with van der Waals surface area (Å²) in [5.41, 5.74) is 0.934. The summed E-state index contributed by atoms with van der Waals surface area (Å²) < 4.78 is 4.69. The van der Waals surface area contributed by atoms with Gasteiger partial charge >= 0.3 is 5.97 Å². The number of ether oxygens (including phenoxy) is 1. The van der Waals surface area contributed by atoms with Gasteiger partial charge < -0.3 is 9.64 Å². The molecule has 1 aromatic rings. The van der Waals surface area contributed by atoms with Crippen LogP contribution in [0.5, 0.6) is 0 Å². The van der Waals surface area contributed by atoms with Crippen LogP contribution in [-0.2, 0) is 4.74 Å². The van der Waals surface area contributed by atoms with Crippen LogP contribution < -0.4 is 4.90 Å². The smallest absolute Gasteiger partial charge is 0.357 e. The van der Waals surface area contributed by atoms with Crippen LogP contribution in [0.15, 0.2) is 5.38 Å². The van der Waals surface area contributed by atoms with E-state index in [9.17, 15) is 4.79 Å². The predicted octanol–water partition coefficient (Wildman–Crippen LogP) is 3.34. The molecule has 1 aromatic heterocycles. The molecule has 4 nitrogen and oxygen atoms in total. The van der Waals surface area contributed by atoms with Crippen molar-refractivity contribution in [3.05, 3.63) is 11.1 Å². The van der Waals surface area contributed by atoms with E-state index in [-0.39, 0.29) is 5.97 Å². The van der Waals surface area contributed by atoms with E-state index in [4.69, 9.17) is 4.74 Å². The van der Waals surface area contributed by atoms with Crippen molar-refractivity contribution in [2.24, 2.45) is 5.41 Å². The number of nitrogens with zero attached hydrogens (tertiary/aromatic N) is 2. The van der Waals surface area contributed by atoms with E-state index in [0.717, 1.165) is 18.2 Å². The number of carbonyl (C=O) groups is 1. The summed E-state index contributed by atoms with van der Waals surface area (Å²) in [6.07, 6.45) is 4.94. The summed E-state index contributed by atoms with van der Waals surface area (Å²) in [7, 11) is 1.39. The zero-order chi connectivity index (χ0) is 13.9. The van der Waals surface area contributed by atoms with Crippen LogP contribution in [0.25, 0.3) is 0 Å². The van der Waals surface area contributed by atoms with Crippen molar-refractivity contribution >= 4 is 22.4 Å². The Hall–Kier alpha value is -1.10. The van der Waals surface area contributed by atoms with Crippen LogP contribution in [0.2, 0.25) is 0 Å². The summed E-state index contributed by atoms with van der Waals surface area (Å²) >= 11 is 1.53. The molecule has 0 spiro atoms. The van der Waals surface area contributed by atoms with Crippen molar-refractivity contribution < 1.29 is 9.53 Å². The maximum atomic E-state index is 11.4. The maximum Gasteiger partial charge on any atom is 0.357 e. The third-order valence-electron chi connectivity index (χ3n) is 4.48. The molecule has 0 aromatic carbocycles. The third kappa shape index (κ3) is 2.91. The summed E-state index contributed by atoms with van der Waals surface area (Å²) in [4.78, 5) is 18.1. The fraction of sp³-hybridized carbons (Fsp3) is 0.714. The van der Waals surface area contributed by atoms with Crippen LogP contribution in [0.4, 0.5) is 5.13 Å². The number of anilines is 1. The number of aromatic nitrogens is 1. The molecule has 0 unspecified atom stereocenters. The molecule has 1 aliphatic rings. The molecule has 1 saturated heterocycles. The van der Waals surface area contributed by atoms with Crippen LogP contribution in [0.3, 0.4) is 0 Å². The summed E-state index contributed by atoms with van der Waals surface area (Å²) in [5.74, 6) is -0.351. The quantitative estimate of drug-likeness (QED) is 0.794. The Morgan fingerprint density at radius 3 is 2.58 bits per heavy atom. The normalized spacial score (nSPS) is 18.4. The first-order chi connectivity index (χ1) is 9.14. The van der Waals surface area contributed by atoms with Crippen LogP contribution in [0, 0.1) is 5.41 Å². The van der Waals surface area contributed by atoms with E-state index >= 15 is 0 Å². The Morgan fingerprint density at radius 2 is 2.05 bits per heavy atom. The SMILES string of the molecule is CCC1(CC)CCN(c2nc(C(=O)OC)cs2)CC1. The highest BCUT2D eigenvalue weighted by atomic mass is 32.1. The van der Waals surface area contributed by atoms with E-state index < -0.39 is 0 Å². The first-order valence-corrected chi connectivity index (χ1v) is 7.81. The van der Waals surface area contributed by atoms with Crippen LogP contribution in [-0.4, -0.2) is 31.2 Å². The maximum absolute atomic E-state index is 11.4. The third-order valence-corrected chi connectivity index (χ3v) is 5.38. The van der Waals surface area contributed by atoms with Gasteiger partial charge in [0.05, 0.1) is 7.11 Å². The predicted molar refractivity (Wildman–Crippen MR) is 77.9 cm³/mol. The molecule has 5 heteroatoms. The number of thiazole rings is 1. The number of hydrogen-bond acceptors (Lipinski definition) is 5. The van der Waals surface area contributed by atoms with Crippen LogP contribution in [0.1, 0.15) is 50.0 Å². The van der Waals surface area contributed by atoms with E-state index in [1.807, 2.05) is 0 Å². The highest BCUT2D eigenvalue weighted by Gasteiger charge is 2.32. The molecule has 2 heterocycles. The molecular formula is C14H22N2O2S. The number of piperidine rings is 1. The summed E-state index contributed by atoms with van der Waals surface area (Å²) in [5, 5.41) is 2.73. The Kier molecular flexibility index (Phi) is 4.45. The van der Waals surface area contributed by atoms with Crippen molar-refractivity contribution in [3.8, 4) is 0 Å². The first kappa shape index (κ1) is 14.3. The molecule has 0 atom stereocenters. The van der Waals surface area contributed by atoms with E-state index in [2.05, 4.69) is 23.7 Å². The lowest BCUT2D eigenvalue weighted by molar-refractivity contribution is 0.0595. The fourth-order valence-electron chi connectivity index (χ4n) is 2.74. The van der Waals surface area contributed by atoms with Gasteiger partial charge in [0.25, 0.3) is 0 Å². The second kappa shape index (κ2) is 5.90. The highest BCUT2D eigenvalue weighted by Crippen LogP contribution is 2.39. The Balaban J connectivity index is 2.01. The lowest BCUT2D eigenvalue weighted by atomic mass is 9.74. The first-order valence-electron chi connectivity index (χ1n) is 6.93. The summed E-state index contributed by atoms with van der Waals surface area (Å²) in [6.45, 7) is 6.65. The van der Waals surface area contributed by atoms with E-state index in [0.29, 0.717) is 11.1 Å². The van der Waals surface area contributed by atoms with Gasteiger partial charge in [0.1, 0.15) is 0 Å². The number of hydrogen-bond donors (Lipinski definition) is 0. The van der Waals surface area contributed by atoms with Crippen molar-refractivity contribution in [1.29, 1.82) is 0 Å². The largest absolute Gasteiger partial charge is 0.464 e. The van der Waals surface area contributed by atoms with Gasteiger partial charge in [-0.2, -0.15) is 0 Å². The average molecular weight is 282 g/mol. The molecule has 1 aliphatic heterocycles. The van der Waals surface area contributed by atoms with Gasteiger partial charge in [0.2, 0.25) is 0 Å². The number of methoxy groups -OCH3 is 1. The molecule has 106 valence electrons. The molecule has 0 bridgehead atoms. The van der Waals surface area contributed by atoms with Crippen molar-refractivity contribution in [2.75, 3.05) is 25.1 Å². The summed E-state index contributed by atoms with van der Waals surface area (Å²) in [6, 6.07) is 0.